The molecule has 0 bridgehead atoms. The Morgan fingerprint density at radius 2 is 2.17 bits per heavy atom. The van der Waals surface area contributed by atoms with Crippen LogP contribution in [0.4, 0.5) is 0 Å². The molecule has 0 saturated carbocycles. The smallest absolute Gasteiger partial charge is 0.339 e. The minimum Gasteiger partial charge on any atom is -0.478 e. The van der Waals surface area contributed by atoms with E-state index in [0.29, 0.717) is 17.8 Å². The zero-order chi connectivity index (χ0) is 13.3. The first-order valence-electron chi connectivity index (χ1n) is 5.77. The third-order valence-corrected chi connectivity index (χ3v) is 3.10. The van der Waals surface area contributed by atoms with Crippen LogP contribution in [0.1, 0.15) is 45.8 Å². The summed E-state index contributed by atoms with van der Waals surface area (Å²) in [6, 6.07) is 0. The van der Waals surface area contributed by atoms with Gasteiger partial charge in [0.2, 0.25) is 0 Å². The van der Waals surface area contributed by atoms with E-state index in [-0.39, 0.29) is 11.5 Å². The van der Waals surface area contributed by atoms with Crippen molar-refractivity contribution in [3.05, 3.63) is 34.4 Å². The molecule has 18 heavy (non-hydrogen) atoms. The summed E-state index contributed by atoms with van der Waals surface area (Å²) in [6.45, 7) is 5.65. The summed E-state index contributed by atoms with van der Waals surface area (Å²) in [5.74, 6) is -0.926. The first kappa shape index (κ1) is 12.3. The van der Waals surface area contributed by atoms with Gasteiger partial charge in [0.1, 0.15) is 5.56 Å². The molecule has 0 aromatic carbocycles. The molecule has 0 aliphatic carbocycles. The molecule has 0 spiro atoms. The highest BCUT2D eigenvalue weighted by Gasteiger charge is 2.22. The molecule has 0 radical (unpaired) electrons. The Kier molecular flexibility index (Phi) is 3.18. The first-order chi connectivity index (χ1) is 8.50. The van der Waals surface area contributed by atoms with Crippen molar-refractivity contribution >= 4 is 5.97 Å². The summed E-state index contributed by atoms with van der Waals surface area (Å²) in [6.07, 6.45) is 2.45. The maximum absolute atomic E-state index is 11.2. The standard InChI is InChI=1S/C12H16N4O2/c1-6(4-9-7(2)5-13-15-9)11-10(12(17)18)8(3)14-16-11/h5-6H,4H2,1-3H3,(H,13,15)(H,14,16)(H,17,18). The van der Waals surface area contributed by atoms with Crippen LogP contribution in [0.3, 0.4) is 0 Å². The van der Waals surface area contributed by atoms with Crippen molar-refractivity contribution in [3.8, 4) is 0 Å². The monoisotopic (exact) mass is 248 g/mol. The Morgan fingerprint density at radius 1 is 1.44 bits per heavy atom. The van der Waals surface area contributed by atoms with E-state index in [1.54, 1.807) is 13.1 Å². The van der Waals surface area contributed by atoms with Gasteiger partial charge >= 0.3 is 5.97 Å². The maximum Gasteiger partial charge on any atom is 0.339 e. The molecule has 1 unspecified atom stereocenters. The lowest BCUT2D eigenvalue weighted by molar-refractivity contribution is 0.0694. The fourth-order valence-electron chi connectivity index (χ4n) is 2.06. The summed E-state index contributed by atoms with van der Waals surface area (Å²) in [5, 5.41) is 22.9. The van der Waals surface area contributed by atoms with Gasteiger partial charge in [-0.3, -0.25) is 10.2 Å². The number of aromatic carboxylic acids is 1. The number of H-pyrrole nitrogens is 2. The molecule has 0 aliphatic rings. The molecule has 2 rings (SSSR count). The van der Waals surface area contributed by atoms with Crippen molar-refractivity contribution in [3.63, 3.8) is 0 Å². The summed E-state index contributed by atoms with van der Waals surface area (Å²) in [7, 11) is 0. The van der Waals surface area contributed by atoms with Gasteiger partial charge in [0.05, 0.1) is 11.9 Å². The topological polar surface area (TPSA) is 94.7 Å². The van der Waals surface area contributed by atoms with Gasteiger partial charge in [-0.05, 0) is 25.8 Å². The fraction of sp³-hybridized carbons (Fsp3) is 0.417. The van der Waals surface area contributed by atoms with Crippen molar-refractivity contribution in [1.29, 1.82) is 0 Å². The second-order valence-electron chi connectivity index (χ2n) is 4.55. The molecule has 2 heterocycles. The van der Waals surface area contributed by atoms with E-state index in [1.165, 1.54) is 0 Å². The highest BCUT2D eigenvalue weighted by molar-refractivity contribution is 5.90. The molecule has 6 heteroatoms. The van der Waals surface area contributed by atoms with Gasteiger partial charge < -0.3 is 5.11 Å². The van der Waals surface area contributed by atoms with Crippen LogP contribution in [-0.2, 0) is 6.42 Å². The van der Waals surface area contributed by atoms with Gasteiger partial charge in [-0.1, -0.05) is 6.92 Å². The molecule has 0 fully saturated rings. The summed E-state index contributed by atoms with van der Waals surface area (Å²) >= 11 is 0. The average Bonchev–Trinajstić information content (AvgIpc) is 2.86. The van der Waals surface area contributed by atoms with Crippen LogP contribution in [0.15, 0.2) is 6.20 Å². The van der Waals surface area contributed by atoms with Crippen LogP contribution in [0.25, 0.3) is 0 Å². The van der Waals surface area contributed by atoms with Gasteiger partial charge in [0.15, 0.2) is 0 Å². The molecule has 1 atom stereocenters. The molecule has 96 valence electrons. The number of nitrogens with zero attached hydrogens (tertiary/aromatic N) is 2. The third-order valence-electron chi connectivity index (χ3n) is 3.10. The van der Waals surface area contributed by atoms with E-state index in [1.807, 2.05) is 13.8 Å². The van der Waals surface area contributed by atoms with Crippen molar-refractivity contribution in [1.82, 2.24) is 20.4 Å². The third kappa shape index (κ3) is 2.13. The number of nitrogens with one attached hydrogen (secondary N) is 2. The number of carbonyl (C=O) groups is 1. The van der Waals surface area contributed by atoms with Crippen LogP contribution in [0.5, 0.6) is 0 Å². The first-order valence-corrected chi connectivity index (χ1v) is 5.77. The second-order valence-corrected chi connectivity index (χ2v) is 4.55. The van der Waals surface area contributed by atoms with E-state index >= 15 is 0 Å². The molecular formula is C12H16N4O2. The van der Waals surface area contributed by atoms with Gasteiger partial charge in [0, 0.05) is 17.3 Å². The Labute approximate surface area is 104 Å². The van der Waals surface area contributed by atoms with Crippen LogP contribution in [0.2, 0.25) is 0 Å². The van der Waals surface area contributed by atoms with E-state index < -0.39 is 5.97 Å². The molecular weight excluding hydrogens is 232 g/mol. The SMILES string of the molecule is Cc1cn[nH]c1CC(C)c1n[nH]c(C)c1C(=O)O. The Bertz CT molecular complexity index is 570. The molecule has 3 N–H and O–H groups in total. The van der Waals surface area contributed by atoms with Gasteiger partial charge in [0.25, 0.3) is 0 Å². The molecule has 0 amide bonds. The zero-order valence-corrected chi connectivity index (χ0v) is 10.6. The predicted molar refractivity (Wildman–Crippen MR) is 65.7 cm³/mol. The van der Waals surface area contributed by atoms with Crippen LogP contribution < -0.4 is 0 Å². The van der Waals surface area contributed by atoms with Crippen LogP contribution in [-0.4, -0.2) is 31.5 Å². The van der Waals surface area contributed by atoms with Crippen molar-refractivity contribution in [2.45, 2.75) is 33.1 Å². The van der Waals surface area contributed by atoms with Crippen molar-refractivity contribution in [2.75, 3.05) is 0 Å². The normalized spacial score (nSPS) is 12.6. The number of carboxylic acids is 1. The number of aromatic amines is 2. The van der Waals surface area contributed by atoms with E-state index in [4.69, 9.17) is 0 Å². The highest BCUT2D eigenvalue weighted by atomic mass is 16.4. The summed E-state index contributed by atoms with van der Waals surface area (Å²) < 4.78 is 0. The number of aromatic nitrogens is 4. The lowest BCUT2D eigenvalue weighted by Gasteiger charge is -2.09. The number of hydrogen-bond donors (Lipinski definition) is 3. The average molecular weight is 248 g/mol. The zero-order valence-electron chi connectivity index (χ0n) is 10.6. The Hall–Kier alpha value is -2.11. The summed E-state index contributed by atoms with van der Waals surface area (Å²) in [5.41, 5.74) is 3.55. The fourth-order valence-corrected chi connectivity index (χ4v) is 2.06. The lowest BCUT2D eigenvalue weighted by atomic mass is 9.96. The molecule has 0 aliphatic heterocycles. The van der Waals surface area contributed by atoms with Gasteiger partial charge in [-0.25, -0.2) is 4.79 Å². The minimum absolute atomic E-state index is 0.0141. The molecule has 2 aromatic rings. The van der Waals surface area contributed by atoms with Crippen LogP contribution >= 0.6 is 0 Å². The van der Waals surface area contributed by atoms with Gasteiger partial charge in [-0.15, -0.1) is 0 Å². The number of hydrogen-bond acceptors (Lipinski definition) is 3. The van der Waals surface area contributed by atoms with E-state index in [0.717, 1.165) is 11.3 Å². The number of rotatable bonds is 4. The molecule has 2 aromatic heterocycles. The van der Waals surface area contributed by atoms with Gasteiger partial charge in [-0.2, -0.15) is 10.2 Å². The van der Waals surface area contributed by atoms with Crippen molar-refractivity contribution < 1.29 is 9.90 Å². The molecule has 6 nitrogen and oxygen atoms in total. The predicted octanol–water partition coefficient (Wildman–Crippen LogP) is 1.79. The highest BCUT2D eigenvalue weighted by Crippen LogP contribution is 2.24. The van der Waals surface area contributed by atoms with E-state index in [9.17, 15) is 9.90 Å². The molecule has 0 saturated heterocycles. The van der Waals surface area contributed by atoms with Crippen LogP contribution in [0, 0.1) is 13.8 Å². The lowest BCUT2D eigenvalue weighted by Crippen LogP contribution is -2.08. The minimum atomic E-state index is -0.940. The van der Waals surface area contributed by atoms with Crippen molar-refractivity contribution in [2.24, 2.45) is 0 Å². The quantitative estimate of drug-likeness (QED) is 0.768. The largest absolute Gasteiger partial charge is 0.478 e. The Morgan fingerprint density at radius 3 is 2.72 bits per heavy atom. The summed E-state index contributed by atoms with van der Waals surface area (Å²) in [4.78, 5) is 11.2. The Balaban J connectivity index is 2.27. The number of aryl methyl sites for hydroxylation is 2. The van der Waals surface area contributed by atoms with E-state index in [2.05, 4.69) is 20.4 Å². The second kappa shape index (κ2) is 4.64. The number of carboxylic acid groups (broad SMARTS) is 1. The maximum atomic E-state index is 11.2.